The van der Waals surface area contributed by atoms with Crippen LogP contribution >= 0.6 is 0 Å². The summed E-state index contributed by atoms with van der Waals surface area (Å²) >= 11 is 0. The number of unbranched alkanes of at least 4 members (excludes halogenated alkanes) is 2. The molecule has 0 aliphatic rings. The van der Waals surface area contributed by atoms with Gasteiger partial charge >= 0.3 is 5.97 Å². The molecule has 4 nitrogen and oxygen atoms in total. The molecule has 0 saturated heterocycles. The molecule has 0 unspecified atom stereocenters. The fraction of sp³-hybridized carbons (Fsp3) is 0.524. The second kappa shape index (κ2) is 11.3. The Bertz CT molecular complexity index is 621. The summed E-state index contributed by atoms with van der Waals surface area (Å²) < 4.78 is 4.92. The molecule has 0 aromatic heterocycles. The zero-order valence-electron chi connectivity index (χ0n) is 16.0. The van der Waals surface area contributed by atoms with Crippen molar-refractivity contribution in [2.75, 3.05) is 24.6 Å². The molecule has 136 valence electrons. The number of carbonyl (C=O) groups excluding carboxylic acids is 1. The molecular formula is C21H30N2O2. The summed E-state index contributed by atoms with van der Waals surface area (Å²) in [6, 6.07) is 8.12. The van der Waals surface area contributed by atoms with Crippen molar-refractivity contribution < 1.29 is 9.53 Å². The molecule has 25 heavy (non-hydrogen) atoms. The fourth-order valence-corrected chi connectivity index (χ4v) is 2.59. The Morgan fingerprint density at radius 3 is 2.32 bits per heavy atom. The Kier molecular flexibility index (Phi) is 9.39. The maximum Gasteiger partial charge on any atom is 0.348 e. The highest BCUT2D eigenvalue weighted by molar-refractivity contribution is 5.98. The molecule has 0 heterocycles. The van der Waals surface area contributed by atoms with Crippen molar-refractivity contribution in [1.82, 2.24) is 0 Å². The molecule has 1 rings (SSSR count). The third-order valence-corrected chi connectivity index (χ3v) is 4.10. The van der Waals surface area contributed by atoms with Gasteiger partial charge in [0, 0.05) is 18.8 Å². The highest BCUT2D eigenvalue weighted by Gasteiger charge is 2.12. The van der Waals surface area contributed by atoms with E-state index in [9.17, 15) is 10.1 Å². The number of benzene rings is 1. The Hall–Kier alpha value is -2.28. The van der Waals surface area contributed by atoms with Gasteiger partial charge in [0.2, 0.25) is 0 Å². The van der Waals surface area contributed by atoms with Crippen LogP contribution in [0.4, 0.5) is 5.69 Å². The van der Waals surface area contributed by atoms with Crippen LogP contribution in [0.3, 0.4) is 0 Å². The van der Waals surface area contributed by atoms with Gasteiger partial charge in [0.25, 0.3) is 0 Å². The Morgan fingerprint density at radius 1 is 1.20 bits per heavy atom. The van der Waals surface area contributed by atoms with E-state index in [0.717, 1.165) is 24.2 Å². The lowest BCUT2D eigenvalue weighted by Crippen LogP contribution is -2.25. The molecular weight excluding hydrogens is 312 g/mol. The predicted molar refractivity (Wildman–Crippen MR) is 103 cm³/mol. The average molecular weight is 342 g/mol. The Balaban J connectivity index is 3.04. The summed E-state index contributed by atoms with van der Waals surface area (Å²) in [6.45, 7) is 10.5. The van der Waals surface area contributed by atoms with Gasteiger partial charge in [-0.2, -0.15) is 5.26 Å². The highest BCUT2D eigenvalue weighted by atomic mass is 16.5. The van der Waals surface area contributed by atoms with Crippen LogP contribution in [0.1, 0.15) is 57.6 Å². The van der Waals surface area contributed by atoms with Crippen molar-refractivity contribution >= 4 is 17.7 Å². The molecule has 0 spiro atoms. The second-order valence-corrected chi connectivity index (χ2v) is 6.13. The first-order chi connectivity index (χ1) is 12.1. The number of anilines is 1. The molecule has 0 aliphatic heterocycles. The molecule has 1 aromatic rings. The topological polar surface area (TPSA) is 53.3 Å². The van der Waals surface area contributed by atoms with Crippen LogP contribution in [0, 0.1) is 18.3 Å². The van der Waals surface area contributed by atoms with Crippen LogP contribution in [0.5, 0.6) is 0 Å². The summed E-state index contributed by atoms with van der Waals surface area (Å²) in [5.41, 5.74) is 3.16. The van der Waals surface area contributed by atoms with Crippen LogP contribution < -0.4 is 4.90 Å². The molecule has 4 heteroatoms. The first kappa shape index (κ1) is 20.8. The fourth-order valence-electron chi connectivity index (χ4n) is 2.59. The summed E-state index contributed by atoms with van der Waals surface area (Å²) in [5, 5.41) is 9.18. The van der Waals surface area contributed by atoms with Crippen molar-refractivity contribution in [2.24, 2.45) is 0 Å². The van der Waals surface area contributed by atoms with Crippen molar-refractivity contribution in [3.63, 3.8) is 0 Å². The van der Waals surface area contributed by atoms with Crippen LogP contribution in [0.15, 0.2) is 23.8 Å². The number of carbonyl (C=O) groups is 1. The zero-order valence-corrected chi connectivity index (χ0v) is 16.0. The van der Waals surface area contributed by atoms with Gasteiger partial charge in [0.1, 0.15) is 11.6 Å². The minimum absolute atomic E-state index is 0.0338. The van der Waals surface area contributed by atoms with E-state index in [1.54, 1.807) is 13.0 Å². The van der Waals surface area contributed by atoms with Crippen molar-refractivity contribution in [3.05, 3.63) is 34.9 Å². The number of hydrogen-bond acceptors (Lipinski definition) is 4. The lowest BCUT2D eigenvalue weighted by Gasteiger charge is -2.25. The number of aryl methyl sites for hydroxylation is 1. The van der Waals surface area contributed by atoms with Gasteiger partial charge in [0.05, 0.1) is 6.61 Å². The molecule has 1 aromatic carbocycles. The highest BCUT2D eigenvalue weighted by Crippen LogP contribution is 2.22. The average Bonchev–Trinajstić information content (AvgIpc) is 2.61. The summed E-state index contributed by atoms with van der Waals surface area (Å²) in [5.74, 6) is -0.569. The van der Waals surface area contributed by atoms with E-state index in [2.05, 4.69) is 30.9 Å². The van der Waals surface area contributed by atoms with Crippen molar-refractivity contribution in [2.45, 2.75) is 53.4 Å². The third-order valence-electron chi connectivity index (χ3n) is 4.10. The monoisotopic (exact) mass is 342 g/mol. The first-order valence-electron chi connectivity index (χ1n) is 9.21. The van der Waals surface area contributed by atoms with E-state index in [1.165, 1.54) is 31.4 Å². The van der Waals surface area contributed by atoms with Crippen LogP contribution in [-0.4, -0.2) is 25.7 Å². The number of ether oxygens (including phenoxy) is 1. The van der Waals surface area contributed by atoms with Crippen LogP contribution in [0.2, 0.25) is 0 Å². The van der Waals surface area contributed by atoms with Crippen molar-refractivity contribution in [3.8, 4) is 6.07 Å². The largest absolute Gasteiger partial charge is 0.462 e. The number of esters is 1. The van der Waals surface area contributed by atoms with E-state index < -0.39 is 5.97 Å². The summed E-state index contributed by atoms with van der Waals surface area (Å²) in [4.78, 5) is 14.2. The van der Waals surface area contributed by atoms with Gasteiger partial charge in [-0.1, -0.05) is 32.8 Å². The van der Waals surface area contributed by atoms with E-state index >= 15 is 0 Å². The maximum atomic E-state index is 11.8. The van der Waals surface area contributed by atoms with Gasteiger partial charge < -0.3 is 9.64 Å². The molecule has 0 aliphatic carbocycles. The lowest BCUT2D eigenvalue weighted by atomic mass is 10.0. The summed E-state index contributed by atoms with van der Waals surface area (Å²) in [6.07, 6.45) is 6.30. The quantitative estimate of drug-likeness (QED) is 0.346. The number of hydrogen-bond donors (Lipinski definition) is 0. The van der Waals surface area contributed by atoms with Crippen LogP contribution in [0.25, 0.3) is 6.08 Å². The normalized spacial score (nSPS) is 11.1. The molecule has 0 N–H and O–H groups in total. The van der Waals surface area contributed by atoms with Crippen molar-refractivity contribution in [1.29, 1.82) is 5.26 Å². The molecule has 0 bridgehead atoms. The van der Waals surface area contributed by atoms with Gasteiger partial charge in [0.15, 0.2) is 0 Å². The number of rotatable bonds is 10. The SMILES string of the molecule is CCCCN(CCCC)c1ccc(C=C(C#N)C(=O)OCC)c(C)c1. The number of nitriles is 1. The second-order valence-electron chi connectivity index (χ2n) is 6.13. The van der Waals surface area contributed by atoms with Gasteiger partial charge in [-0.15, -0.1) is 0 Å². The molecule has 0 fully saturated rings. The van der Waals surface area contributed by atoms with Crippen LogP contribution in [-0.2, 0) is 9.53 Å². The van der Waals surface area contributed by atoms with E-state index in [0.29, 0.717) is 0 Å². The molecule has 0 amide bonds. The van der Waals surface area contributed by atoms with E-state index in [4.69, 9.17) is 4.74 Å². The first-order valence-corrected chi connectivity index (χ1v) is 9.21. The zero-order chi connectivity index (χ0) is 18.7. The van der Waals surface area contributed by atoms with E-state index in [1.807, 2.05) is 19.1 Å². The molecule has 0 saturated carbocycles. The lowest BCUT2D eigenvalue weighted by molar-refractivity contribution is -0.137. The van der Waals surface area contributed by atoms with E-state index in [-0.39, 0.29) is 12.2 Å². The van der Waals surface area contributed by atoms with Gasteiger partial charge in [-0.25, -0.2) is 4.79 Å². The molecule has 0 radical (unpaired) electrons. The third kappa shape index (κ3) is 6.62. The Labute approximate surface area is 152 Å². The number of nitrogens with zero attached hydrogens (tertiary/aromatic N) is 2. The minimum Gasteiger partial charge on any atom is -0.462 e. The molecule has 0 atom stereocenters. The predicted octanol–water partition coefficient (Wildman–Crippen LogP) is 4.87. The minimum atomic E-state index is -0.569. The van der Waals surface area contributed by atoms with Gasteiger partial charge in [-0.05, 0) is 56.0 Å². The maximum absolute atomic E-state index is 11.8. The standard InChI is InChI=1S/C21H30N2O2/c1-5-8-12-23(13-9-6-2)20-11-10-18(17(4)14-20)15-19(16-22)21(24)25-7-3/h10-11,14-15H,5-9,12-13H2,1-4H3. The smallest absolute Gasteiger partial charge is 0.348 e. The Morgan fingerprint density at radius 2 is 1.84 bits per heavy atom. The van der Waals surface area contributed by atoms with Gasteiger partial charge in [-0.3, -0.25) is 0 Å². The summed E-state index contributed by atoms with van der Waals surface area (Å²) in [7, 11) is 0.